The molecule has 0 radical (unpaired) electrons. The summed E-state index contributed by atoms with van der Waals surface area (Å²) in [6, 6.07) is 8.20. The Morgan fingerprint density at radius 3 is 2.72 bits per heavy atom. The van der Waals surface area contributed by atoms with Gasteiger partial charge in [-0.2, -0.15) is 5.10 Å². The van der Waals surface area contributed by atoms with E-state index in [9.17, 15) is 0 Å². The van der Waals surface area contributed by atoms with Crippen molar-refractivity contribution in [3.63, 3.8) is 0 Å². The number of aromatic nitrogens is 2. The van der Waals surface area contributed by atoms with Gasteiger partial charge in [-0.3, -0.25) is 5.10 Å². The van der Waals surface area contributed by atoms with Gasteiger partial charge in [-0.15, -0.1) is 0 Å². The van der Waals surface area contributed by atoms with Crippen LogP contribution in [-0.4, -0.2) is 30.5 Å². The third kappa shape index (κ3) is 2.91. The van der Waals surface area contributed by atoms with Gasteiger partial charge in [0.05, 0.1) is 6.61 Å². The molecule has 1 heterocycles. The van der Waals surface area contributed by atoms with Gasteiger partial charge in [-0.25, -0.2) is 0 Å². The smallest absolute Gasteiger partial charge is 0.156 e. The normalized spacial score (nSPS) is 10.6. The predicted octanol–water partition coefficient (Wildman–Crippen LogP) is 3.21. The van der Waals surface area contributed by atoms with Crippen LogP contribution in [0.2, 0.25) is 0 Å². The van der Waals surface area contributed by atoms with Crippen LogP contribution in [0, 0.1) is 6.92 Å². The highest BCUT2D eigenvalue weighted by atomic mass is 79.9. The Bertz CT molecular complexity index is 507. The molecule has 0 aliphatic heterocycles. The van der Waals surface area contributed by atoms with E-state index in [0.717, 1.165) is 33.7 Å². The molecule has 4 nitrogen and oxygen atoms in total. The molecule has 2 N–H and O–H groups in total. The zero-order valence-electron chi connectivity index (χ0n) is 10.5. The van der Waals surface area contributed by atoms with Gasteiger partial charge in [-0.05, 0) is 24.6 Å². The van der Waals surface area contributed by atoms with Crippen LogP contribution in [0.4, 0.5) is 5.82 Å². The molecule has 18 heavy (non-hydrogen) atoms. The maximum atomic E-state index is 5.02. The van der Waals surface area contributed by atoms with Gasteiger partial charge in [0.25, 0.3) is 0 Å². The number of benzene rings is 1. The van der Waals surface area contributed by atoms with Crippen molar-refractivity contribution in [1.82, 2.24) is 10.2 Å². The van der Waals surface area contributed by atoms with Crippen LogP contribution in [0.15, 0.2) is 28.7 Å². The van der Waals surface area contributed by atoms with Gasteiger partial charge in [0.15, 0.2) is 5.82 Å². The molecule has 0 saturated carbocycles. The second-order valence-electron chi connectivity index (χ2n) is 4.00. The number of methoxy groups -OCH3 is 1. The number of nitrogens with one attached hydrogen (secondary N) is 2. The van der Waals surface area contributed by atoms with Gasteiger partial charge in [0.1, 0.15) is 0 Å². The highest BCUT2D eigenvalue weighted by molar-refractivity contribution is 9.10. The molecule has 0 fully saturated rings. The predicted molar refractivity (Wildman–Crippen MR) is 76.8 cm³/mol. The molecule has 0 saturated heterocycles. The second kappa shape index (κ2) is 6.02. The standard InChI is InChI=1S/C13H16BrN3O/c1-9-12(10-3-5-11(14)6-4-10)13(17-16-9)15-7-8-18-2/h3-6H,7-8H2,1-2H3,(H2,15,16,17). The van der Waals surface area contributed by atoms with Crippen molar-refractivity contribution < 1.29 is 4.74 Å². The summed E-state index contributed by atoms with van der Waals surface area (Å²) < 4.78 is 6.10. The van der Waals surface area contributed by atoms with Crippen LogP contribution < -0.4 is 5.32 Å². The van der Waals surface area contributed by atoms with Crippen LogP contribution in [-0.2, 0) is 4.74 Å². The molecule has 5 heteroatoms. The summed E-state index contributed by atoms with van der Waals surface area (Å²) in [4.78, 5) is 0. The molecule has 96 valence electrons. The quantitative estimate of drug-likeness (QED) is 0.834. The van der Waals surface area contributed by atoms with Crippen molar-refractivity contribution in [2.45, 2.75) is 6.92 Å². The lowest BCUT2D eigenvalue weighted by Gasteiger charge is -2.06. The summed E-state index contributed by atoms with van der Waals surface area (Å²) in [5.41, 5.74) is 3.31. The summed E-state index contributed by atoms with van der Waals surface area (Å²) in [6.45, 7) is 3.42. The van der Waals surface area contributed by atoms with E-state index in [1.807, 2.05) is 19.1 Å². The summed E-state index contributed by atoms with van der Waals surface area (Å²) in [7, 11) is 1.69. The van der Waals surface area contributed by atoms with E-state index in [0.29, 0.717) is 6.61 Å². The highest BCUT2D eigenvalue weighted by Gasteiger charge is 2.11. The number of hydrogen-bond acceptors (Lipinski definition) is 3. The van der Waals surface area contributed by atoms with Gasteiger partial charge in [-0.1, -0.05) is 28.1 Å². The number of aryl methyl sites for hydroxylation is 1. The fourth-order valence-corrected chi connectivity index (χ4v) is 2.06. The minimum Gasteiger partial charge on any atom is -0.383 e. The van der Waals surface area contributed by atoms with Crippen LogP contribution in [0.1, 0.15) is 5.69 Å². The fourth-order valence-electron chi connectivity index (χ4n) is 1.80. The minimum atomic E-state index is 0.658. The third-order valence-corrected chi connectivity index (χ3v) is 3.21. The van der Waals surface area contributed by atoms with E-state index in [4.69, 9.17) is 4.74 Å². The summed E-state index contributed by atoms with van der Waals surface area (Å²) >= 11 is 3.44. The summed E-state index contributed by atoms with van der Waals surface area (Å²) in [6.07, 6.45) is 0. The summed E-state index contributed by atoms with van der Waals surface area (Å²) in [5.74, 6) is 0.867. The Hall–Kier alpha value is -1.33. The molecular formula is C13H16BrN3O. The van der Waals surface area contributed by atoms with E-state index in [2.05, 4.69) is 43.6 Å². The molecule has 0 bridgehead atoms. The Morgan fingerprint density at radius 2 is 2.06 bits per heavy atom. The molecule has 2 rings (SSSR count). The van der Waals surface area contributed by atoms with Gasteiger partial charge < -0.3 is 10.1 Å². The number of nitrogens with zero attached hydrogens (tertiary/aromatic N) is 1. The largest absolute Gasteiger partial charge is 0.383 e. The first-order valence-electron chi connectivity index (χ1n) is 5.76. The lowest BCUT2D eigenvalue weighted by molar-refractivity contribution is 0.210. The molecule has 0 amide bonds. The van der Waals surface area contributed by atoms with Crippen molar-refractivity contribution in [1.29, 1.82) is 0 Å². The average molecular weight is 310 g/mol. The van der Waals surface area contributed by atoms with E-state index < -0.39 is 0 Å². The topological polar surface area (TPSA) is 49.9 Å². The van der Waals surface area contributed by atoms with E-state index in [1.165, 1.54) is 0 Å². The van der Waals surface area contributed by atoms with Crippen molar-refractivity contribution in [3.05, 3.63) is 34.4 Å². The number of ether oxygens (including phenoxy) is 1. The molecule has 0 aliphatic rings. The Morgan fingerprint density at radius 1 is 1.33 bits per heavy atom. The molecule has 0 aliphatic carbocycles. The van der Waals surface area contributed by atoms with Gasteiger partial charge in [0.2, 0.25) is 0 Å². The van der Waals surface area contributed by atoms with Gasteiger partial charge in [0, 0.05) is 29.4 Å². The number of hydrogen-bond donors (Lipinski definition) is 2. The first-order chi connectivity index (χ1) is 8.72. The van der Waals surface area contributed by atoms with E-state index in [1.54, 1.807) is 7.11 Å². The highest BCUT2D eigenvalue weighted by Crippen LogP contribution is 2.30. The van der Waals surface area contributed by atoms with Crippen LogP contribution in [0.3, 0.4) is 0 Å². The van der Waals surface area contributed by atoms with Crippen molar-refractivity contribution in [3.8, 4) is 11.1 Å². The van der Waals surface area contributed by atoms with Crippen molar-refractivity contribution in [2.24, 2.45) is 0 Å². The lowest BCUT2D eigenvalue weighted by Crippen LogP contribution is -2.08. The lowest BCUT2D eigenvalue weighted by atomic mass is 10.1. The molecule has 1 aromatic heterocycles. The zero-order valence-corrected chi connectivity index (χ0v) is 12.0. The van der Waals surface area contributed by atoms with E-state index in [-0.39, 0.29) is 0 Å². The number of rotatable bonds is 5. The molecule has 0 unspecified atom stereocenters. The second-order valence-corrected chi connectivity index (χ2v) is 4.91. The third-order valence-electron chi connectivity index (χ3n) is 2.68. The number of aromatic amines is 1. The Labute approximate surface area is 115 Å². The van der Waals surface area contributed by atoms with E-state index >= 15 is 0 Å². The van der Waals surface area contributed by atoms with Crippen LogP contribution in [0.25, 0.3) is 11.1 Å². The summed E-state index contributed by atoms with van der Waals surface area (Å²) in [5, 5.41) is 10.6. The first-order valence-corrected chi connectivity index (χ1v) is 6.55. The maximum Gasteiger partial charge on any atom is 0.156 e. The van der Waals surface area contributed by atoms with Crippen molar-refractivity contribution in [2.75, 3.05) is 25.6 Å². The number of halogens is 1. The monoisotopic (exact) mass is 309 g/mol. The first kappa shape index (κ1) is 13.1. The number of H-pyrrole nitrogens is 1. The van der Waals surface area contributed by atoms with Crippen LogP contribution in [0.5, 0.6) is 0 Å². The average Bonchev–Trinajstić information content (AvgIpc) is 2.72. The number of anilines is 1. The minimum absolute atomic E-state index is 0.658. The zero-order chi connectivity index (χ0) is 13.0. The molecule has 2 aromatic rings. The molecular weight excluding hydrogens is 294 g/mol. The Balaban J connectivity index is 2.25. The van der Waals surface area contributed by atoms with Crippen LogP contribution >= 0.6 is 15.9 Å². The van der Waals surface area contributed by atoms with Gasteiger partial charge >= 0.3 is 0 Å². The SMILES string of the molecule is COCCNc1n[nH]c(C)c1-c1ccc(Br)cc1. The molecule has 1 aromatic carbocycles. The fraction of sp³-hybridized carbons (Fsp3) is 0.308. The molecule has 0 spiro atoms. The molecule has 0 atom stereocenters. The maximum absolute atomic E-state index is 5.02. The Kier molecular flexibility index (Phi) is 4.38. The van der Waals surface area contributed by atoms with Crippen molar-refractivity contribution >= 4 is 21.7 Å².